The fraction of sp³-hybridized carbons (Fsp3) is 0.400. The van der Waals surface area contributed by atoms with Gasteiger partial charge in [0, 0.05) is 8.95 Å². The summed E-state index contributed by atoms with van der Waals surface area (Å²) in [5.41, 5.74) is 1.27. The molecular formula is C10H11Br2O. The quantitative estimate of drug-likeness (QED) is 0.750. The molecule has 0 aromatic heterocycles. The SMILES string of the molecule is [O]CCCCc1ccc(Br)cc1Br. The first-order chi connectivity index (χ1) is 6.24. The molecule has 0 aliphatic heterocycles. The van der Waals surface area contributed by atoms with Gasteiger partial charge in [-0.15, -0.1) is 0 Å². The maximum absolute atomic E-state index is 10.2. The van der Waals surface area contributed by atoms with Crippen LogP contribution in [0, 0.1) is 0 Å². The van der Waals surface area contributed by atoms with Crippen LogP contribution >= 0.6 is 31.9 Å². The van der Waals surface area contributed by atoms with Gasteiger partial charge in [0.2, 0.25) is 0 Å². The molecule has 0 bridgehead atoms. The predicted octanol–water partition coefficient (Wildman–Crippen LogP) is 3.96. The lowest BCUT2D eigenvalue weighted by Crippen LogP contribution is -1.89. The molecule has 3 heteroatoms. The summed E-state index contributed by atoms with van der Waals surface area (Å²) in [6.45, 7) is 0.0359. The van der Waals surface area contributed by atoms with Crippen molar-refractivity contribution in [3.8, 4) is 0 Å². The van der Waals surface area contributed by atoms with Crippen molar-refractivity contribution in [2.45, 2.75) is 19.3 Å². The van der Waals surface area contributed by atoms with E-state index in [2.05, 4.69) is 37.9 Å². The van der Waals surface area contributed by atoms with E-state index in [1.165, 1.54) is 5.56 Å². The lowest BCUT2D eigenvalue weighted by molar-refractivity contribution is 0.187. The minimum Gasteiger partial charge on any atom is -0.237 e. The number of hydrogen-bond acceptors (Lipinski definition) is 0. The van der Waals surface area contributed by atoms with Gasteiger partial charge in [-0.2, -0.15) is 0 Å². The van der Waals surface area contributed by atoms with E-state index in [1.807, 2.05) is 12.1 Å². The number of hydrogen-bond donors (Lipinski definition) is 0. The van der Waals surface area contributed by atoms with Crippen LogP contribution in [0.4, 0.5) is 0 Å². The highest BCUT2D eigenvalue weighted by Crippen LogP contribution is 2.23. The molecule has 71 valence electrons. The molecule has 0 fully saturated rings. The molecule has 0 aliphatic carbocycles. The summed E-state index contributed by atoms with van der Waals surface area (Å²) in [6, 6.07) is 6.14. The van der Waals surface area contributed by atoms with Crippen molar-refractivity contribution in [2.24, 2.45) is 0 Å². The van der Waals surface area contributed by atoms with Crippen LogP contribution in [0.5, 0.6) is 0 Å². The van der Waals surface area contributed by atoms with Gasteiger partial charge in [-0.25, -0.2) is 5.11 Å². The van der Waals surface area contributed by atoms with Gasteiger partial charge in [0.15, 0.2) is 0 Å². The van der Waals surface area contributed by atoms with Gasteiger partial charge < -0.3 is 0 Å². The Morgan fingerprint density at radius 1 is 1.15 bits per heavy atom. The lowest BCUT2D eigenvalue weighted by atomic mass is 10.1. The highest BCUT2D eigenvalue weighted by molar-refractivity contribution is 9.11. The van der Waals surface area contributed by atoms with E-state index in [1.54, 1.807) is 0 Å². The molecule has 0 spiro atoms. The number of halogens is 2. The van der Waals surface area contributed by atoms with Crippen LogP contribution in [0.15, 0.2) is 27.1 Å². The molecular weight excluding hydrogens is 296 g/mol. The molecule has 1 aromatic carbocycles. The first kappa shape index (κ1) is 11.2. The van der Waals surface area contributed by atoms with Gasteiger partial charge >= 0.3 is 0 Å². The fourth-order valence-electron chi connectivity index (χ4n) is 1.14. The van der Waals surface area contributed by atoms with Crippen LogP contribution < -0.4 is 0 Å². The van der Waals surface area contributed by atoms with Crippen molar-refractivity contribution in [3.63, 3.8) is 0 Å². The van der Waals surface area contributed by atoms with Crippen LogP contribution in [-0.4, -0.2) is 6.61 Å². The van der Waals surface area contributed by atoms with Crippen LogP contribution in [0.25, 0.3) is 0 Å². The summed E-state index contributed by atoms with van der Waals surface area (Å²) < 4.78 is 2.19. The van der Waals surface area contributed by atoms with Gasteiger partial charge in [-0.1, -0.05) is 37.9 Å². The zero-order valence-electron chi connectivity index (χ0n) is 7.22. The number of aryl methyl sites for hydroxylation is 1. The first-order valence-corrected chi connectivity index (χ1v) is 5.84. The third-order valence-electron chi connectivity index (χ3n) is 1.86. The molecule has 0 amide bonds. The van der Waals surface area contributed by atoms with Crippen molar-refractivity contribution in [1.29, 1.82) is 0 Å². The van der Waals surface area contributed by atoms with E-state index in [-0.39, 0.29) is 6.61 Å². The van der Waals surface area contributed by atoms with E-state index in [0.717, 1.165) is 28.2 Å². The van der Waals surface area contributed by atoms with E-state index >= 15 is 0 Å². The van der Waals surface area contributed by atoms with Crippen molar-refractivity contribution in [2.75, 3.05) is 6.61 Å². The van der Waals surface area contributed by atoms with Gasteiger partial charge in [-0.05, 0) is 37.0 Å². The molecule has 0 aliphatic rings. The monoisotopic (exact) mass is 305 g/mol. The Bertz CT molecular complexity index is 274. The molecule has 13 heavy (non-hydrogen) atoms. The molecule has 0 atom stereocenters. The molecule has 1 radical (unpaired) electrons. The highest BCUT2D eigenvalue weighted by atomic mass is 79.9. The minimum absolute atomic E-state index is 0.0359. The summed E-state index contributed by atoms with van der Waals surface area (Å²) in [7, 11) is 0. The summed E-state index contributed by atoms with van der Waals surface area (Å²) in [5, 5.41) is 10.2. The van der Waals surface area contributed by atoms with Crippen molar-refractivity contribution in [3.05, 3.63) is 32.7 Å². The van der Waals surface area contributed by atoms with E-state index in [0.29, 0.717) is 0 Å². The Hall–Kier alpha value is 0.140. The molecule has 0 unspecified atom stereocenters. The molecule has 0 saturated heterocycles. The predicted molar refractivity (Wildman–Crippen MR) is 60.3 cm³/mol. The number of benzene rings is 1. The Balaban J connectivity index is 2.56. The number of unbranched alkanes of at least 4 members (excludes halogenated alkanes) is 1. The molecule has 0 heterocycles. The molecule has 1 rings (SSSR count). The molecule has 1 aromatic rings. The first-order valence-electron chi connectivity index (χ1n) is 4.26. The summed E-state index contributed by atoms with van der Waals surface area (Å²) in [5.74, 6) is 0. The average molecular weight is 307 g/mol. The van der Waals surface area contributed by atoms with Crippen LogP contribution in [0.3, 0.4) is 0 Å². The highest BCUT2D eigenvalue weighted by Gasteiger charge is 1.99. The fourth-order valence-corrected chi connectivity index (χ4v) is 2.39. The summed E-state index contributed by atoms with van der Waals surface area (Å²) >= 11 is 6.89. The van der Waals surface area contributed by atoms with Gasteiger partial charge in [0.05, 0.1) is 6.61 Å². The summed E-state index contributed by atoms with van der Waals surface area (Å²) in [6.07, 6.45) is 2.72. The molecule has 0 N–H and O–H groups in total. The average Bonchev–Trinajstić information content (AvgIpc) is 2.09. The third-order valence-corrected chi connectivity index (χ3v) is 3.09. The van der Waals surface area contributed by atoms with E-state index in [4.69, 9.17) is 0 Å². The minimum atomic E-state index is 0.0359. The van der Waals surface area contributed by atoms with Crippen LogP contribution in [0.1, 0.15) is 18.4 Å². The van der Waals surface area contributed by atoms with Crippen molar-refractivity contribution in [1.82, 2.24) is 0 Å². The van der Waals surface area contributed by atoms with Crippen molar-refractivity contribution < 1.29 is 5.11 Å². The second kappa shape index (κ2) is 5.78. The van der Waals surface area contributed by atoms with E-state index in [9.17, 15) is 5.11 Å². The zero-order chi connectivity index (χ0) is 9.68. The zero-order valence-corrected chi connectivity index (χ0v) is 10.4. The molecule has 0 saturated carbocycles. The van der Waals surface area contributed by atoms with Crippen LogP contribution in [0.2, 0.25) is 0 Å². The molecule has 1 nitrogen and oxygen atoms in total. The Labute approximate surface area is 95.4 Å². The Kier molecular flexibility index (Phi) is 4.99. The maximum Gasteiger partial charge on any atom is 0.0822 e. The third kappa shape index (κ3) is 3.79. The smallest absolute Gasteiger partial charge is 0.0822 e. The van der Waals surface area contributed by atoms with Crippen molar-refractivity contribution >= 4 is 31.9 Å². The summed E-state index contributed by atoms with van der Waals surface area (Å²) in [4.78, 5) is 0. The van der Waals surface area contributed by atoms with Gasteiger partial charge in [-0.3, -0.25) is 0 Å². The lowest BCUT2D eigenvalue weighted by Gasteiger charge is -2.03. The second-order valence-electron chi connectivity index (χ2n) is 2.90. The van der Waals surface area contributed by atoms with E-state index < -0.39 is 0 Å². The Morgan fingerprint density at radius 3 is 2.54 bits per heavy atom. The number of rotatable bonds is 4. The largest absolute Gasteiger partial charge is 0.237 e. The maximum atomic E-state index is 10.2. The second-order valence-corrected chi connectivity index (χ2v) is 4.67. The van der Waals surface area contributed by atoms with Gasteiger partial charge in [0.1, 0.15) is 0 Å². The van der Waals surface area contributed by atoms with Crippen LogP contribution in [-0.2, 0) is 11.5 Å². The Morgan fingerprint density at radius 2 is 1.92 bits per heavy atom. The normalized spacial score (nSPS) is 10.4. The standard InChI is InChI=1S/C10H11Br2O/c11-9-5-4-8(10(12)7-9)3-1-2-6-13/h4-5,7H,1-3,6H2. The topological polar surface area (TPSA) is 19.9 Å². The van der Waals surface area contributed by atoms with Gasteiger partial charge in [0.25, 0.3) is 0 Å².